The molecular formula is C17H12N2O3S2. The van der Waals surface area contributed by atoms with E-state index in [2.05, 4.69) is 0 Å². The zero-order valence-corrected chi connectivity index (χ0v) is 14.3. The van der Waals surface area contributed by atoms with E-state index in [1.807, 2.05) is 31.2 Å². The Morgan fingerprint density at radius 2 is 1.92 bits per heavy atom. The van der Waals surface area contributed by atoms with Crippen LogP contribution in [-0.2, 0) is 4.79 Å². The van der Waals surface area contributed by atoms with Crippen molar-refractivity contribution in [2.24, 2.45) is 0 Å². The van der Waals surface area contributed by atoms with Crippen LogP contribution in [0.4, 0.5) is 11.4 Å². The molecule has 7 heteroatoms. The second-order valence-corrected chi connectivity index (χ2v) is 6.88. The summed E-state index contributed by atoms with van der Waals surface area (Å²) >= 11 is 6.55. The van der Waals surface area contributed by atoms with Crippen LogP contribution in [0.15, 0.2) is 53.4 Å². The van der Waals surface area contributed by atoms with Crippen molar-refractivity contribution in [3.05, 3.63) is 74.7 Å². The van der Waals surface area contributed by atoms with E-state index in [4.69, 9.17) is 12.2 Å². The maximum absolute atomic E-state index is 12.6. The second-order valence-electron chi connectivity index (χ2n) is 5.20. The number of hydrogen-bond acceptors (Lipinski definition) is 5. The summed E-state index contributed by atoms with van der Waals surface area (Å²) < 4.78 is 0.471. The van der Waals surface area contributed by atoms with Gasteiger partial charge in [-0.05, 0) is 48.4 Å². The number of carbonyl (C=O) groups is 1. The van der Waals surface area contributed by atoms with Crippen LogP contribution in [0, 0.1) is 17.0 Å². The normalized spacial score (nSPS) is 16.0. The molecule has 0 saturated carbocycles. The van der Waals surface area contributed by atoms with Crippen LogP contribution in [0.3, 0.4) is 0 Å². The zero-order chi connectivity index (χ0) is 17.3. The van der Waals surface area contributed by atoms with Crippen molar-refractivity contribution in [1.82, 2.24) is 0 Å². The molecule has 0 atom stereocenters. The molecule has 24 heavy (non-hydrogen) atoms. The molecule has 5 nitrogen and oxygen atoms in total. The molecule has 0 aromatic heterocycles. The maximum Gasteiger partial charge on any atom is 0.270 e. The number of rotatable bonds is 3. The van der Waals surface area contributed by atoms with Crippen molar-refractivity contribution in [2.45, 2.75) is 6.92 Å². The van der Waals surface area contributed by atoms with Gasteiger partial charge in [0.15, 0.2) is 4.32 Å². The van der Waals surface area contributed by atoms with E-state index in [0.29, 0.717) is 14.8 Å². The van der Waals surface area contributed by atoms with Crippen LogP contribution < -0.4 is 4.90 Å². The second kappa shape index (κ2) is 6.54. The Labute approximate surface area is 148 Å². The summed E-state index contributed by atoms with van der Waals surface area (Å²) in [7, 11) is 0. The van der Waals surface area contributed by atoms with Crippen molar-refractivity contribution < 1.29 is 9.72 Å². The predicted molar refractivity (Wildman–Crippen MR) is 99.9 cm³/mol. The third-order valence-corrected chi connectivity index (χ3v) is 4.76. The number of thiocarbonyl (C=S) groups is 1. The number of hydrogen-bond donors (Lipinski definition) is 0. The average Bonchev–Trinajstić information content (AvgIpc) is 2.82. The molecule has 0 aliphatic carbocycles. The lowest BCUT2D eigenvalue weighted by Gasteiger charge is -2.14. The molecule has 120 valence electrons. The maximum atomic E-state index is 12.6. The highest BCUT2D eigenvalue weighted by molar-refractivity contribution is 8.27. The van der Waals surface area contributed by atoms with Crippen LogP contribution >= 0.6 is 24.0 Å². The highest BCUT2D eigenvalue weighted by atomic mass is 32.2. The van der Waals surface area contributed by atoms with Gasteiger partial charge < -0.3 is 0 Å². The van der Waals surface area contributed by atoms with Crippen LogP contribution in [-0.4, -0.2) is 15.2 Å². The van der Waals surface area contributed by atoms with Gasteiger partial charge in [0, 0.05) is 12.1 Å². The monoisotopic (exact) mass is 356 g/mol. The first kappa shape index (κ1) is 16.4. The largest absolute Gasteiger partial charge is 0.270 e. The van der Waals surface area contributed by atoms with E-state index in [0.717, 1.165) is 11.3 Å². The van der Waals surface area contributed by atoms with E-state index in [1.165, 1.54) is 28.8 Å². The summed E-state index contributed by atoms with van der Waals surface area (Å²) in [6.07, 6.45) is 1.69. The summed E-state index contributed by atoms with van der Waals surface area (Å²) in [6, 6.07) is 13.6. The van der Waals surface area contributed by atoms with Crippen molar-refractivity contribution in [3.8, 4) is 0 Å². The Morgan fingerprint density at radius 1 is 1.21 bits per heavy atom. The Kier molecular flexibility index (Phi) is 4.46. The van der Waals surface area contributed by atoms with Crippen LogP contribution in [0.5, 0.6) is 0 Å². The summed E-state index contributed by atoms with van der Waals surface area (Å²) in [5.41, 5.74) is 2.51. The summed E-state index contributed by atoms with van der Waals surface area (Å²) in [5.74, 6) is -0.186. The number of nitro groups is 1. The minimum absolute atomic E-state index is 0.0134. The molecule has 0 bridgehead atoms. The number of thioether (sulfide) groups is 1. The van der Waals surface area contributed by atoms with Gasteiger partial charge >= 0.3 is 0 Å². The van der Waals surface area contributed by atoms with Gasteiger partial charge in [-0.15, -0.1) is 0 Å². The molecule has 1 aliphatic heterocycles. The molecule has 0 unspecified atom stereocenters. The van der Waals surface area contributed by atoms with E-state index in [1.54, 1.807) is 18.2 Å². The van der Waals surface area contributed by atoms with Crippen molar-refractivity contribution in [2.75, 3.05) is 4.90 Å². The SMILES string of the molecule is Cc1cccc(N2C(=O)/C(=C/c3ccc([N+](=O)[O-])cc3)SC2=S)c1. The van der Waals surface area contributed by atoms with E-state index in [-0.39, 0.29) is 11.6 Å². The lowest BCUT2D eigenvalue weighted by atomic mass is 10.2. The van der Waals surface area contributed by atoms with Gasteiger partial charge in [-0.1, -0.05) is 36.1 Å². The first-order valence-electron chi connectivity index (χ1n) is 7.05. The standard InChI is InChI=1S/C17H12N2O3S2/c1-11-3-2-4-14(9-11)18-16(20)15(24-17(18)23)10-12-5-7-13(8-6-12)19(21)22/h2-10H,1H3/b15-10-. The number of carbonyl (C=O) groups excluding carboxylic acids is 1. The molecule has 0 spiro atoms. The Bertz CT molecular complexity index is 876. The molecule has 1 heterocycles. The van der Waals surface area contributed by atoms with Gasteiger partial charge in [0.2, 0.25) is 0 Å². The van der Waals surface area contributed by atoms with Gasteiger partial charge in [-0.3, -0.25) is 19.8 Å². The minimum Gasteiger partial charge on any atom is -0.268 e. The van der Waals surface area contributed by atoms with Gasteiger partial charge in [0.25, 0.3) is 11.6 Å². The van der Waals surface area contributed by atoms with E-state index in [9.17, 15) is 14.9 Å². The van der Waals surface area contributed by atoms with Gasteiger partial charge in [0.1, 0.15) is 0 Å². The number of aryl methyl sites for hydroxylation is 1. The van der Waals surface area contributed by atoms with E-state index < -0.39 is 4.92 Å². The topological polar surface area (TPSA) is 63.5 Å². The number of nitrogens with zero attached hydrogens (tertiary/aromatic N) is 2. The van der Waals surface area contributed by atoms with Gasteiger partial charge in [-0.2, -0.15) is 0 Å². The van der Waals surface area contributed by atoms with Crippen LogP contribution in [0.25, 0.3) is 6.08 Å². The zero-order valence-electron chi connectivity index (χ0n) is 12.6. The molecule has 3 rings (SSSR count). The molecular weight excluding hydrogens is 344 g/mol. The molecule has 1 aliphatic rings. The molecule has 0 N–H and O–H groups in total. The highest BCUT2D eigenvalue weighted by Crippen LogP contribution is 2.36. The lowest BCUT2D eigenvalue weighted by molar-refractivity contribution is -0.384. The van der Waals surface area contributed by atoms with Crippen LogP contribution in [0.2, 0.25) is 0 Å². The Morgan fingerprint density at radius 3 is 2.54 bits per heavy atom. The first-order valence-corrected chi connectivity index (χ1v) is 8.27. The fourth-order valence-corrected chi connectivity index (χ4v) is 3.60. The Hall–Kier alpha value is -2.51. The molecule has 2 aromatic carbocycles. The lowest BCUT2D eigenvalue weighted by Crippen LogP contribution is -2.27. The van der Waals surface area contributed by atoms with Crippen molar-refractivity contribution >= 4 is 51.7 Å². The third kappa shape index (κ3) is 3.22. The third-order valence-electron chi connectivity index (χ3n) is 3.46. The minimum atomic E-state index is -0.457. The summed E-state index contributed by atoms with van der Waals surface area (Å²) in [4.78, 5) is 24.9. The van der Waals surface area contributed by atoms with Crippen LogP contribution in [0.1, 0.15) is 11.1 Å². The number of benzene rings is 2. The van der Waals surface area contributed by atoms with Crippen molar-refractivity contribution in [3.63, 3.8) is 0 Å². The summed E-state index contributed by atoms with van der Waals surface area (Å²) in [5, 5.41) is 10.7. The average molecular weight is 356 g/mol. The molecule has 1 amide bonds. The number of anilines is 1. The van der Waals surface area contributed by atoms with E-state index >= 15 is 0 Å². The first-order chi connectivity index (χ1) is 11.5. The molecule has 2 aromatic rings. The molecule has 1 saturated heterocycles. The van der Waals surface area contributed by atoms with Gasteiger partial charge in [0.05, 0.1) is 15.5 Å². The Balaban J connectivity index is 1.89. The predicted octanol–water partition coefficient (Wildman–Crippen LogP) is 4.31. The quantitative estimate of drug-likeness (QED) is 0.355. The number of non-ortho nitro benzene ring substituents is 1. The number of nitro benzene ring substituents is 1. The number of amides is 1. The molecule has 1 fully saturated rings. The van der Waals surface area contributed by atoms with Gasteiger partial charge in [-0.25, -0.2) is 0 Å². The fraction of sp³-hybridized carbons (Fsp3) is 0.0588. The summed E-state index contributed by atoms with van der Waals surface area (Å²) in [6.45, 7) is 1.95. The fourth-order valence-electron chi connectivity index (χ4n) is 2.30. The smallest absolute Gasteiger partial charge is 0.268 e. The van der Waals surface area contributed by atoms with Crippen molar-refractivity contribution in [1.29, 1.82) is 0 Å². The highest BCUT2D eigenvalue weighted by Gasteiger charge is 2.33. The molecule has 0 radical (unpaired) electrons.